The lowest BCUT2D eigenvalue weighted by atomic mass is 9.79. The van der Waals surface area contributed by atoms with Crippen molar-refractivity contribution in [1.29, 1.82) is 0 Å². The molecule has 8 nitrogen and oxygen atoms in total. The number of anilines is 1. The van der Waals surface area contributed by atoms with Crippen molar-refractivity contribution in [1.82, 2.24) is 9.90 Å². The van der Waals surface area contributed by atoms with Crippen LogP contribution in [0.5, 0.6) is 5.75 Å². The number of aromatic carboxylic acids is 1. The first-order chi connectivity index (χ1) is 16.5. The van der Waals surface area contributed by atoms with Gasteiger partial charge < -0.3 is 9.84 Å². The molecular formula is C23H19F3N3O5S+. The fourth-order valence-electron chi connectivity index (χ4n) is 3.41. The Bertz CT molecular complexity index is 1290. The molecule has 1 saturated carbocycles. The highest BCUT2D eigenvalue weighted by atomic mass is 32.1. The number of benzene rings is 2. The highest BCUT2D eigenvalue weighted by Gasteiger charge is 2.34. The van der Waals surface area contributed by atoms with Crippen molar-refractivity contribution in [2.75, 3.05) is 5.43 Å². The van der Waals surface area contributed by atoms with Gasteiger partial charge in [0.1, 0.15) is 10.7 Å². The van der Waals surface area contributed by atoms with Crippen LogP contribution in [0.25, 0.3) is 0 Å². The predicted octanol–water partition coefficient (Wildman–Crippen LogP) is 5.52. The van der Waals surface area contributed by atoms with Crippen LogP contribution in [0, 0.1) is 11.8 Å². The van der Waals surface area contributed by atoms with Crippen molar-refractivity contribution in [2.24, 2.45) is 0 Å². The van der Waals surface area contributed by atoms with Crippen LogP contribution in [0.1, 0.15) is 51.7 Å². The number of nitrogens with zero attached hydrogens (tertiary/aromatic N) is 2. The lowest BCUT2D eigenvalue weighted by molar-refractivity contribution is -0.275. The van der Waals surface area contributed by atoms with Crippen LogP contribution in [0.3, 0.4) is 0 Å². The van der Waals surface area contributed by atoms with Gasteiger partial charge in [0.05, 0.1) is 16.6 Å². The van der Waals surface area contributed by atoms with E-state index in [1.165, 1.54) is 35.7 Å². The second-order valence-electron chi connectivity index (χ2n) is 7.78. The highest BCUT2D eigenvalue weighted by molar-refractivity contribution is 7.10. The minimum Gasteiger partial charge on any atom is -0.478 e. The first-order valence-electron chi connectivity index (χ1n) is 10.3. The van der Waals surface area contributed by atoms with Crippen molar-refractivity contribution in [2.45, 2.75) is 31.5 Å². The molecule has 1 heterocycles. The van der Waals surface area contributed by atoms with Crippen LogP contribution in [0.2, 0.25) is 0 Å². The highest BCUT2D eigenvalue weighted by Crippen LogP contribution is 2.41. The molecule has 182 valence electrons. The van der Waals surface area contributed by atoms with E-state index in [1.807, 2.05) is 0 Å². The third-order valence-corrected chi connectivity index (χ3v) is 6.08. The number of nitrogens with one attached hydrogen (secondary N) is 1. The molecule has 3 aromatic rings. The zero-order chi connectivity index (χ0) is 25.2. The molecule has 12 heteroatoms. The Morgan fingerprint density at radius 2 is 1.86 bits per heavy atom. The van der Waals surface area contributed by atoms with Gasteiger partial charge in [0.25, 0.3) is 0 Å². The van der Waals surface area contributed by atoms with Crippen LogP contribution in [-0.4, -0.2) is 32.8 Å². The average molecular weight is 506 g/mol. The first-order valence-corrected chi connectivity index (χ1v) is 11.2. The summed E-state index contributed by atoms with van der Waals surface area (Å²) in [6.45, 7) is 0. The topological polar surface area (TPSA) is 112 Å². The smallest absolute Gasteiger partial charge is 0.478 e. The summed E-state index contributed by atoms with van der Waals surface area (Å²) in [5.41, 5.74) is 4.14. The summed E-state index contributed by atoms with van der Waals surface area (Å²) in [5, 5.41) is 32.1. The van der Waals surface area contributed by atoms with Crippen molar-refractivity contribution < 1.29 is 38.2 Å². The van der Waals surface area contributed by atoms with Crippen LogP contribution < -0.4 is 15.1 Å². The number of carboxylic acids is 1. The Hall–Kier alpha value is -3.63. The van der Waals surface area contributed by atoms with Gasteiger partial charge in [-0.1, -0.05) is 12.3 Å². The predicted molar refractivity (Wildman–Crippen MR) is 120 cm³/mol. The van der Waals surface area contributed by atoms with Gasteiger partial charge in [0, 0.05) is 5.56 Å². The summed E-state index contributed by atoms with van der Waals surface area (Å²) in [7, 11) is 0. The van der Waals surface area contributed by atoms with Crippen molar-refractivity contribution in [3.63, 3.8) is 0 Å². The number of carbonyl (C=O) groups is 1. The van der Waals surface area contributed by atoms with Crippen molar-refractivity contribution >= 4 is 28.8 Å². The normalized spacial score (nSPS) is 14.0. The number of alkyl halides is 3. The Morgan fingerprint density at radius 3 is 2.46 bits per heavy atom. The van der Waals surface area contributed by atoms with E-state index in [9.17, 15) is 33.5 Å². The summed E-state index contributed by atoms with van der Waals surface area (Å²) in [5.74, 6) is 3.96. The summed E-state index contributed by atoms with van der Waals surface area (Å²) in [6.07, 6.45) is -2.04. The monoisotopic (exact) mass is 506 g/mol. The van der Waals surface area contributed by atoms with E-state index in [0.717, 1.165) is 42.7 Å². The molecule has 0 saturated heterocycles. The number of hydrogen-bond acceptors (Lipinski definition) is 7. The Balaban J connectivity index is 1.49. The molecule has 4 N–H and O–H groups in total. The molecule has 35 heavy (non-hydrogen) atoms. The number of halogens is 3. The zero-order valence-corrected chi connectivity index (χ0v) is 18.7. The summed E-state index contributed by atoms with van der Waals surface area (Å²) >= 11 is 1.04. The van der Waals surface area contributed by atoms with E-state index < -0.39 is 17.3 Å². The van der Waals surface area contributed by atoms with Gasteiger partial charge >= 0.3 is 18.1 Å². The van der Waals surface area contributed by atoms with Gasteiger partial charge in [0.15, 0.2) is 5.01 Å². The van der Waals surface area contributed by atoms with E-state index in [2.05, 4.69) is 27.0 Å². The number of hydrogen-bond donors (Lipinski definition) is 4. The Morgan fingerprint density at radius 1 is 1.14 bits per heavy atom. The molecule has 1 aliphatic rings. The number of thiazole rings is 1. The van der Waals surface area contributed by atoms with Gasteiger partial charge in [-0.2, -0.15) is 10.4 Å². The largest absolute Gasteiger partial charge is 0.573 e. The standard InChI is InChI=1S/C23H18F3N3O5S/c24-23(25,26)34-17-8-4-14(5-9-17)6-11-21-27-20(13-35-21)29(32,33)28-19-10-7-16(22(30)31)12-18(19)15-2-1-3-15/h4-5,7-10,12-13,15,28,32-33H,1-3H2/p+1. The third kappa shape index (κ3) is 6.09. The van der Waals surface area contributed by atoms with E-state index in [0.29, 0.717) is 16.8 Å². The second-order valence-corrected chi connectivity index (χ2v) is 8.64. The number of aromatic nitrogens is 1. The van der Waals surface area contributed by atoms with Gasteiger partial charge in [-0.3, -0.25) is 0 Å². The molecule has 1 aromatic heterocycles. The summed E-state index contributed by atoms with van der Waals surface area (Å²) < 4.78 is 40.6. The molecule has 0 amide bonds. The molecule has 0 spiro atoms. The first kappa shape index (κ1) is 24.5. The van der Waals surface area contributed by atoms with Crippen LogP contribution in [0.15, 0.2) is 47.8 Å². The van der Waals surface area contributed by atoms with Gasteiger partial charge in [-0.15, -0.1) is 34.9 Å². The van der Waals surface area contributed by atoms with Gasteiger partial charge in [-0.05, 0) is 72.7 Å². The van der Waals surface area contributed by atoms with E-state index in [4.69, 9.17) is 0 Å². The lowest BCUT2D eigenvalue weighted by Gasteiger charge is -2.29. The maximum Gasteiger partial charge on any atom is 0.573 e. The number of quaternary nitrogens is 1. The second kappa shape index (κ2) is 9.55. The molecular weight excluding hydrogens is 487 g/mol. The summed E-state index contributed by atoms with van der Waals surface area (Å²) in [4.78, 5) is 13.7. The molecule has 1 aliphatic carbocycles. The van der Waals surface area contributed by atoms with Gasteiger partial charge in [0.2, 0.25) is 0 Å². The van der Waals surface area contributed by atoms with Crippen LogP contribution in [0.4, 0.5) is 24.7 Å². The van der Waals surface area contributed by atoms with Crippen molar-refractivity contribution in [3.8, 4) is 17.6 Å². The number of carboxylic acid groups (broad SMARTS) is 1. The lowest BCUT2D eigenvalue weighted by Crippen LogP contribution is -2.48. The fraction of sp³-hybridized carbons (Fsp3) is 0.217. The minimum atomic E-state index is -4.78. The molecule has 2 aromatic carbocycles. The Labute approximate surface area is 201 Å². The SMILES string of the molecule is O=C(O)c1ccc(N[N+](O)(O)c2csc(C#Cc3ccc(OC(F)(F)F)cc3)n2)c(C2CCC2)c1. The average Bonchev–Trinajstić information content (AvgIpc) is 3.22. The van der Waals surface area contributed by atoms with E-state index in [-0.39, 0.29) is 28.1 Å². The van der Waals surface area contributed by atoms with Gasteiger partial charge in [-0.25, -0.2) is 4.79 Å². The van der Waals surface area contributed by atoms with Crippen LogP contribution >= 0.6 is 11.3 Å². The molecule has 4 rings (SSSR count). The molecule has 0 radical (unpaired) electrons. The summed E-state index contributed by atoms with van der Waals surface area (Å²) in [6, 6.07) is 9.35. The minimum absolute atomic E-state index is 0.107. The van der Waals surface area contributed by atoms with E-state index >= 15 is 0 Å². The Kier molecular flexibility index (Phi) is 6.68. The quantitative estimate of drug-likeness (QED) is 0.198. The molecule has 1 fully saturated rings. The zero-order valence-electron chi connectivity index (χ0n) is 17.9. The maximum atomic E-state index is 12.3. The fourth-order valence-corrected chi connectivity index (χ4v) is 4.08. The molecule has 0 aliphatic heterocycles. The number of ether oxygens (including phenoxy) is 1. The maximum absolute atomic E-state index is 12.3. The number of rotatable bonds is 6. The van der Waals surface area contributed by atoms with Crippen LogP contribution in [-0.2, 0) is 0 Å². The molecule has 0 unspecified atom stereocenters. The molecule has 0 atom stereocenters. The van der Waals surface area contributed by atoms with Crippen molar-refractivity contribution in [3.05, 3.63) is 69.5 Å². The third-order valence-electron chi connectivity index (χ3n) is 5.33. The molecule has 0 bridgehead atoms. The van der Waals surface area contributed by atoms with E-state index in [1.54, 1.807) is 0 Å².